The fourth-order valence-corrected chi connectivity index (χ4v) is 3.37. The summed E-state index contributed by atoms with van der Waals surface area (Å²) in [6.45, 7) is 3.91. The van der Waals surface area contributed by atoms with Gasteiger partial charge in [-0.25, -0.2) is 0 Å². The lowest BCUT2D eigenvalue weighted by atomic mass is 9.72. The third-order valence-corrected chi connectivity index (χ3v) is 4.56. The Morgan fingerprint density at radius 2 is 1.96 bits per heavy atom. The fraction of sp³-hybridized carbons (Fsp3) is 0.389. The van der Waals surface area contributed by atoms with Crippen molar-refractivity contribution in [2.45, 2.75) is 32.8 Å². The third kappa shape index (κ3) is 2.91. The van der Waals surface area contributed by atoms with Gasteiger partial charge in [0.2, 0.25) is 0 Å². The molecule has 1 heterocycles. The van der Waals surface area contributed by atoms with E-state index in [0.29, 0.717) is 24.2 Å². The van der Waals surface area contributed by atoms with Gasteiger partial charge in [-0.05, 0) is 23.1 Å². The van der Waals surface area contributed by atoms with Crippen molar-refractivity contribution < 1.29 is 14.5 Å². The predicted octanol–water partition coefficient (Wildman–Crippen LogP) is 3.47. The van der Waals surface area contributed by atoms with Crippen molar-refractivity contribution >= 4 is 17.2 Å². The third-order valence-electron chi connectivity index (χ3n) is 4.56. The van der Waals surface area contributed by atoms with Gasteiger partial charge in [0, 0.05) is 25.0 Å². The Labute approximate surface area is 144 Å². The van der Waals surface area contributed by atoms with Gasteiger partial charge >= 0.3 is 0 Å². The van der Waals surface area contributed by atoms with Crippen molar-refractivity contribution in [3.63, 3.8) is 0 Å². The highest BCUT2D eigenvalue weighted by molar-refractivity contribution is 6.24. The first-order chi connectivity index (χ1) is 11.7. The van der Waals surface area contributed by atoms with Gasteiger partial charge in [0.05, 0.1) is 22.3 Å². The molecule has 25 heavy (non-hydrogen) atoms. The number of carbonyl (C=O) groups is 1. The fourth-order valence-electron chi connectivity index (χ4n) is 3.37. The summed E-state index contributed by atoms with van der Waals surface area (Å²) in [4.78, 5) is 22.7. The van der Waals surface area contributed by atoms with E-state index in [0.717, 1.165) is 0 Å². The molecule has 1 unspecified atom stereocenters. The molecule has 2 aliphatic rings. The van der Waals surface area contributed by atoms with Crippen molar-refractivity contribution in [2.75, 3.05) is 0 Å². The highest BCUT2D eigenvalue weighted by Gasteiger charge is 2.44. The van der Waals surface area contributed by atoms with Crippen LogP contribution in [-0.2, 0) is 9.53 Å². The highest BCUT2D eigenvalue weighted by atomic mass is 16.6. The Bertz CT molecular complexity index is 846. The van der Waals surface area contributed by atoms with Crippen LogP contribution in [-0.4, -0.2) is 16.4 Å². The van der Waals surface area contributed by atoms with Crippen LogP contribution >= 0.6 is 0 Å². The zero-order valence-corrected chi connectivity index (χ0v) is 13.9. The number of nitriles is 1. The van der Waals surface area contributed by atoms with Gasteiger partial charge in [-0.1, -0.05) is 13.8 Å². The van der Waals surface area contributed by atoms with Crippen LogP contribution in [0.3, 0.4) is 0 Å². The molecule has 2 atom stereocenters. The second-order valence-corrected chi connectivity index (χ2v) is 7.15. The number of Topliss-reactive ketones (excluding diaryl/α,β-unsaturated/α-hetero) is 1. The number of non-ortho nitro benzene ring substituents is 1. The van der Waals surface area contributed by atoms with E-state index in [1.54, 1.807) is 0 Å². The molecule has 3 rings (SSSR count). The molecule has 128 valence electrons. The summed E-state index contributed by atoms with van der Waals surface area (Å²) in [7, 11) is 0. The summed E-state index contributed by atoms with van der Waals surface area (Å²) in [5.41, 5.74) is 0.452. The van der Waals surface area contributed by atoms with Crippen LogP contribution in [0.4, 0.5) is 5.69 Å². The summed E-state index contributed by atoms with van der Waals surface area (Å²) in [6, 6.07) is 7.79. The van der Waals surface area contributed by atoms with Gasteiger partial charge < -0.3 is 10.1 Å². The number of hydrogen-bond acceptors (Lipinski definition) is 6. The summed E-state index contributed by atoms with van der Waals surface area (Å²) in [5, 5.41) is 28.6. The molecular weight excluding hydrogens is 322 g/mol. The molecule has 1 aromatic carbocycles. The molecule has 0 spiro atoms. The Morgan fingerprint density at radius 1 is 1.32 bits per heavy atom. The average Bonchev–Trinajstić information content (AvgIpc) is 2.53. The maximum atomic E-state index is 12.4. The van der Waals surface area contributed by atoms with Gasteiger partial charge in [0.1, 0.15) is 17.8 Å². The van der Waals surface area contributed by atoms with Crippen molar-refractivity contribution in [3.05, 3.63) is 51.3 Å². The summed E-state index contributed by atoms with van der Waals surface area (Å²) >= 11 is 0. The van der Waals surface area contributed by atoms with E-state index in [1.165, 1.54) is 24.3 Å². The molecule has 0 amide bonds. The number of nitrogens with zero attached hydrogens (tertiary/aromatic N) is 2. The molecule has 7 nitrogen and oxygen atoms in total. The van der Waals surface area contributed by atoms with E-state index in [1.807, 2.05) is 19.9 Å². The van der Waals surface area contributed by atoms with E-state index < -0.39 is 16.9 Å². The zero-order valence-electron chi connectivity index (χ0n) is 13.9. The first-order valence-electron chi connectivity index (χ1n) is 7.89. The number of hydrogen-bond donors (Lipinski definition) is 1. The van der Waals surface area contributed by atoms with Crippen molar-refractivity contribution in [1.82, 2.24) is 0 Å². The van der Waals surface area contributed by atoms with Crippen LogP contribution in [0.2, 0.25) is 0 Å². The number of benzene rings is 1. The number of nitro groups is 1. The summed E-state index contributed by atoms with van der Waals surface area (Å²) in [6.07, 6.45) is 0.0782. The lowest BCUT2D eigenvalue weighted by Crippen LogP contribution is -2.38. The number of nitrogens with one attached hydrogen (secondary N) is 1. The maximum Gasteiger partial charge on any atom is 0.269 e. The van der Waals surface area contributed by atoms with Crippen molar-refractivity contribution in [3.8, 4) is 6.07 Å². The van der Waals surface area contributed by atoms with E-state index in [4.69, 9.17) is 10.1 Å². The standard InChI is InChI=1S/C18H17N3O4/c1-18(2)7-13(22)15-14(8-18)25-17(12(9-19)16(15)20)10-3-5-11(6-4-10)21(23)24/h3-6,12,17,20H,7-8H2,1-2H3/t12?,17-/m1/s1. The minimum Gasteiger partial charge on any atom is -0.487 e. The zero-order chi connectivity index (χ0) is 18.4. The second-order valence-electron chi connectivity index (χ2n) is 7.15. The molecule has 1 aliphatic carbocycles. The molecule has 0 fully saturated rings. The van der Waals surface area contributed by atoms with Gasteiger partial charge in [-0.3, -0.25) is 14.9 Å². The van der Waals surface area contributed by atoms with Gasteiger partial charge in [-0.2, -0.15) is 5.26 Å². The van der Waals surface area contributed by atoms with Crippen LogP contribution in [0.15, 0.2) is 35.6 Å². The van der Waals surface area contributed by atoms with Crippen LogP contribution in [0, 0.1) is 38.2 Å². The predicted molar refractivity (Wildman–Crippen MR) is 88.8 cm³/mol. The number of allylic oxidation sites excluding steroid dienone is 2. The van der Waals surface area contributed by atoms with Gasteiger partial charge in [0.25, 0.3) is 5.69 Å². The Kier molecular flexibility index (Phi) is 3.91. The Balaban J connectivity index is 2.02. The Morgan fingerprint density at radius 3 is 2.52 bits per heavy atom. The highest BCUT2D eigenvalue weighted by Crippen LogP contribution is 2.45. The van der Waals surface area contributed by atoms with Crippen LogP contribution in [0.5, 0.6) is 0 Å². The summed E-state index contributed by atoms with van der Waals surface area (Å²) in [5.74, 6) is -0.648. The average molecular weight is 339 g/mol. The van der Waals surface area contributed by atoms with E-state index >= 15 is 0 Å². The number of ether oxygens (including phenoxy) is 1. The van der Waals surface area contributed by atoms with Crippen molar-refractivity contribution in [2.24, 2.45) is 11.3 Å². The molecule has 0 bridgehead atoms. The monoisotopic (exact) mass is 339 g/mol. The number of rotatable bonds is 2. The van der Waals surface area contributed by atoms with Crippen LogP contribution in [0.25, 0.3) is 0 Å². The van der Waals surface area contributed by atoms with E-state index in [-0.39, 0.29) is 28.2 Å². The number of nitro benzene ring substituents is 1. The first-order valence-corrected chi connectivity index (χ1v) is 7.89. The minimum absolute atomic E-state index is 0.0207. The Hall–Kier alpha value is -3.01. The molecule has 1 N–H and O–H groups in total. The van der Waals surface area contributed by atoms with Crippen LogP contribution < -0.4 is 0 Å². The smallest absolute Gasteiger partial charge is 0.269 e. The molecule has 0 radical (unpaired) electrons. The van der Waals surface area contributed by atoms with Gasteiger partial charge in [0.15, 0.2) is 5.78 Å². The first kappa shape index (κ1) is 16.8. The van der Waals surface area contributed by atoms with Crippen molar-refractivity contribution in [1.29, 1.82) is 10.7 Å². The van der Waals surface area contributed by atoms with E-state index in [2.05, 4.69) is 0 Å². The molecule has 0 aromatic heterocycles. The molecule has 0 saturated heterocycles. The number of carbonyl (C=O) groups excluding carboxylic acids is 1. The molecule has 1 aliphatic heterocycles. The molecular formula is C18H17N3O4. The molecule has 7 heteroatoms. The molecule has 1 aromatic rings. The summed E-state index contributed by atoms with van der Waals surface area (Å²) < 4.78 is 5.98. The normalized spacial score (nSPS) is 25.0. The maximum absolute atomic E-state index is 12.4. The quantitative estimate of drug-likeness (QED) is 0.654. The number of ketones is 1. The lowest BCUT2D eigenvalue weighted by Gasteiger charge is -2.39. The molecule has 0 saturated carbocycles. The lowest BCUT2D eigenvalue weighted by molar-refractivity contribution is -0.384. The van der Waals surface area contributed by atoms with Crippen LogP contribution in [0.1, 0.15) is 38.4 Å². The largest absolute Gasteiger partial charge is 0.487 e. The SMILES string of the molecule is CC1(C)CC(=O)C2=C(C1)O[C@H](c1ccc([N+](=O)[O-])cc1)C(C#N)C2=N. The van der Waals surface area contributed by atoms with E-state index in [9.17, 15) is 20.2 Å². The second kappa shape index (κ2) is 5.81. The topological polar surface area (TPSA) is 117 Å². The van der Waals surface area contributed by atoms with Gasteiger partial charge in [-0.15, -0.1) is 0 Å². The minimum atomic E-state index is -0.926.